The fraction of sp³-hybridized carbons (Fsp3) is 0.545. The van der Waals surface area contributed by atoms with Gasteiger partial charge in [0.2, 0.25) is 0 Å². The average Bonchev–Trinajstić information content (AvgIpc) is 2.94. The molecule has 0 unspecified atom stereocenters. The predicted molar refractivity (Wildman–Crippen MR) is 64.4 cm³/mol. The Hall–Kier alpha value is -0.940. The van der Waals surface area contributed by atoms with Crippen molar-refractivity contribution in [3.05, 3.63) is 23.7 Å². The molecule has 1 aliphatic carbocycles. The first-order valence-electron chi connectivity index (χ1n) is 5.31. The van der Waals surface area contributed by atoms with Crippen molar-refractivity contribution in [2.75, 3.05) is 12.8 Å². The maximum absolute atomic E-state index is 11.7. The highest BCUT2D eigenvalue weighted by atomic mass is 32.2. The van der Waals surface area contributed by atoms with Crippen LogP contribution >= 0.6 is 11.8 Å². The van der Waals surface area contributed by atoms with E-state index >= 15 is 0 Å². The van der Waals surface area contributed by atoms with E-state index in [0.717, 1.165) is 0 Å². The molecular weight excluding hydrogens is 224 g/mol. The second-order valence-corrected chi connectivity index (χ2v) is 5.31. The van der Waals surface area contributed by atoms with E-state index in [2.05, 4.69) is 11.6 Å². The molecule has 0 atom stereocenters. The Morgan fingerprint density at radius 1 is 1.62 bits per heavy atom. The summed E-state index contributed by atoms with van der Waals surface area (Å²) in [5, 5.41) is 2.90. The lowest BCUT2D eigenvalue weighted by Crippen LogP contribution is -2.31. The third-order valence-electron chi connectivity index (χ3n) is 2.90. The van der Waals surface area contributed by atoms with Crippen molar-refractivity contribution in [3.63, 3.8) is 0 Å². The summed E-state index contributed by atoms with van der Waals surface area (Å²) >= 11 is 1.82. The maximum Gasteiger partial charge on any atom is 0.287 e. The minimum atomic E-state index is -0.153. The molecule has 88 valence electrons. The first-order valence-corrected chi connectivity index (χ1v) is 6.54. The number of nitrogens with one attached hydrogen (secondary N) is 1. The van der Waals surface area contributed by atoms with Crippen molar-refractivity contribution in [1.29, 1.82) is 0 Å². The number of nitrogens with two attached hydrogens (primary N) is 1. The molecule has 1 aromatic rings. The number of furan rings is 1. The van der Waals surface area contributed by atoms with Gasteiger partial charge in [-0.25, -0.2) is 0 Å². The van der Waals surface area contributed by atoms with Gasteiger partial charge < -0.3 is 15.5 Å². The monoisotopic (exact) mass is 240 g/mol. The molecule has 0 saturated heterocycles. The molecule has 1 fully saturated rings. The Morgan fingerprint density at radius 2 is 2.38 bits per heavy atom. The lowest BCUT2D eigenvalue weighted by atomic mass is 10.3. The van der Waals surface area contributed by atoms with Crippen LogP contribution in [0.2, 0.25) is 0 Å². The van der Waals surface area contributed by atoms with Gasteiger partial charge >= 0.3 is 0 Å². The van der Waals surface area contributed by atoms with Gasteiger partial charge in [-0.2, -0.15) is 11.8 Å². The summed E-state index contributed by atoms with van der Waals surface area (Å²) in [6, 6.07) is 3.40. The van der Waals surface area contributed by atoms with Crippen molar-refractivity contribution in [3.8, 4) is 0 Å². The van der Waals surface area contributed by atoms with Crippen molar-refractivity contribution in [2.45, 2.75) is 24.1 Å². The van der Waals surface area contributed by atoms with Crippen molar-refractivity contribution < 1.29 is 9.21 Å². The van der Waals surface area contributed by atoms with Crippen LogP contribution in [0.1, 0.15) is 29.2 Å². The van der Waals surface area contributed by atoms with Crippen molar-refractivity contribution in [1.82, 2.24) is 5.32 Å². The Balaban J connectivity index is 1.88. The molecule has 2 rings (SSSR count). The van der Waals surface area contributed by atoms with Crippen LogP contribution in [0.5, 0.6) is 0 Å². The molecule has 5 heteroatoms. The van der Waals surface area contributed by atoms with Crippen LogP contribution < -0.4 is 11.1 Å². The molecule has 0 bridgehead atoms. The summed E-state index contributed by atoms with van der Waals surface area (Å²) in [5.74, 6) is 0.827. The first-order chi connectivity index (χ1) is 7.69. The van der Waals surface area contributed by atoms with E-state index < -0.39 is 0 Å². The van der Waals surface area contributed by atoms with E-state index in [0.29, 0.717) is 24.6 Å². The summed E-state index contributed by atoms with van der Waals surface area (Å²) in [5.41, 5.74) is 5.41. The van der Waals surface area contributed by atoms with E-state index in [1.165, 1.54) is 12.8 Å². The van der Waals surface area contributed by atoms with E-state index in [1.807, 2.05) is 11.8 Å². The topological polar surface area (TPSA) is 68.3 Å². The van der Waals surface area contributed by atoms with E-state index in [-0.39, 0.29) is 10.7 Å². The molecule has 1 amide bonds. The zero-order chi connectivity index (χ0) is 11.6. The number of carbonyl (C=O) groups excluding carboxylic acids is 1. The van der Waals surface area contributed by atoms with Crippen LogP contribution in [0.4, 0.5) is 0 Å². The standard InChI is InChI=1S/C11H16N2O2S/c1-16-11(4-5-11)7-13-10(14)9-3-2-8(6-12)15-9/h2-3H,4-7,12H2,1H3,(H,13,14). The molecule has 1 saturated carbocycles. The molecular formula is C11H16N2O2S. The Bertz CT molecular complexity index is 385. The molecule has 4 nitrogen and oxygen atoms in total. The summed E-state index contributed by atoms with van der Waals surface area (Å²) in [6.07, 6.45) is 4.44. The van der Waals surface area contributed by atoms with Crippen molar-refractivity contribution >= 4 is 17.7 Å². The van der Waals surface area contributed by atoms with Crippen LogP contribution in [0, 0.1) is 0 Å². The fourth-order valence-corrected chi connectivity index (χ4v) is 2.26. The molecule has 0 radical (unpaired) electrons. The second kappa shape index (κ2) is 4.51. The number of amides is 1. The van der Waals surface area contributed by atoms with Crippen LogP contribution in [-0.2, 0) is 6.54 Å². The molecule has 1 heterocycles. The minimum Gasteiger partial charge on any atom is -0.455 e. The zero-order valence-corrected chi connectivity index (χ0v) is 10.1. The van der Waals surface area contributed by atoms with Crippen LogP contribution in [-0.4, -0.2) is 23.5 Å². The zero-order valence-electron chi connectivity index (χ0n) is 9.29. The van der Waals surface area contributed by atoms with Gasteiger partial charge in [-0.15, -0.1) is 0 Å². The maximum atomic E-state index is 11.7. The fourth-order valence-electron chi connectivity index (χ4n) is 1.53. The molecule has 3 N–H and O–H groups in total. The molecule has 0 aliphatic heterocycles. The molecule has 16 heavy (non-hydrogen) atoms. The summed E-state index contributed by atoms with van der Waals surface area (Å²) in [7, 11) is 0. The average molecular weight is 240 g/mol. The Labute approximate surface area is 98.9 Å². The Morgan fingerprint density at radius 3 is 2.88 bits per heavy atom. The highest BCUT2D eigenvalue weighted by Crippen LogP contribution is 2.46. The summed E-state index contributed by atoms with van der Waals surface area (Å²) in [4.78, 5) is 11.7. The molecule has 0 spiro atoms. The van der Waals surface area contributed by atoms with Gasteiger partial charge in [0.1, 0.15) is 5.76 Å². The SMILES string of the molecule is CSC1(CNC(=O)c2ccc(CN)o2)CC1. The van der Waals surface area contributed by atoms with Gasteiger partial charge in [-0.1, -0.05) is 0 Å². The van der Waals surface area contributed by atoms with E-state index in [9.17, 15) is 4.79 Å². The number of rotatable bonds is 5. The minimum absolute atomic E-state index is 0.153. The van der Waals surface area contributed by atoms with Crippen LogP contribution in [0.15, 0.2) is 16.5 Å². The van der Waals surface area contributed by atoms with Gasteiger partial charge in [0, 0.05) is 11.3 Å². The predicted octanol–water partition coefficient (Wildman–Crippen LogP) is 1.36. The first kappa shape index (κ1) is 11.5. The molecule has 1 aliphatic rings. The summed E-state index contributed by atoms with van der Waals surface area (Å²) < 4.78 is 5.55. The molecule has 1 aromatic heterocycles. The highest BCUT2D eigenvalue weighted by Gasteiger charge is 2.42. The Kier molecular flexibility index (Phi) is 3.25. The molecule has 0 aromatic carbocycles. The number of hydrogen-bond donors (Lipinski definition) is 2. The lowest BCUT2D eigenvalue weighted by Gasteiger charge is -2.11. The largest absolute Gasteiger partial charge is 0.455 e. The van der Waals surface area contributed by atoms with Gasteiger partial charge in [-0.3, -0.25) is 4.79 Å². The summed E-state index contributed by atoms with van der Waals surface area (Å²) in [6.45, 7) is 1.04. The third kappa shape index (κ3) is 2.41. The van der Waals surface area contributed by atoms with Gasteiger partial charge in [-0.05, 0) is 31.2 Å². The quantitative estimate of drug-likeness (QED) is 0.815. The van der Waals surface area contributed by atoms with Crippen LogP contribution in [0.25, 0.3) is 0 Å². The van der Waals surface area contributed by atoms with Gasteiger partial charge in [0.05, 0.1) is 6.54 Å². The number of thioether (sulfide) groups is 1. The number of hydrogen-bond acceptors (Lipinski definition) is 4. The lowest BCUT2D eigenvalue weighted by molar-refractivity contribution is 0.0923. The van der Waals surface area contributed by atoms with E-state index in [4.69, 9.17) is 10.2 Å². The number of carbonyl (C=O) groups is 1. The van der Waals surface area contributed by atoms with Gasteiger partial charge in [0.15, 0.2) is 5.76 Å². The van der Waals surface area contributed by atoms with E-state index in [1.54, 1.807) is 12.1 Å². The highest BCUT2D eigenvalue weighted by molar-refractivity contribution is 8.00. The smallest absolute Gasteiger partial charge is 0.287 e. The third-order valence-corrected chi connectivity index (χ3v) is 4.32. The van der Waals surface area contributed by atoms with Crippen molar-refractivity contribution in [2.24, 2.45) is 5.73 Å². The van der Waals surface area contributed by atoms with Crippen LogP contribution in [0.3, 0.4) is 0 Å². The second-order valence-electron chi connectivity index (χ2n) is 4.04. The normalized spacial score (nSPS) is 17.1. The van der Waals surface area contributed by atoms with Gasteiger partial charge in [0.25, 0.3) is 5.91 Å².